The zero-order valence-corrected chi connectivity index (χ0v) is 16.2. The van der Waals surface area contributed by atoms with E-state index < -0.39 is 0 Å². The second-order valence-electron chi connectivity index (χ2n) is 7.01. The Morgan fingerprint density at radius 2 is 1.22 bits per heavy atom. The van der Waals surface area contributed by atoms with Gasteiger partial charge in [-0.2, -0.15) is 5.06 Å². The molecule has 0 fully saturated rings. The second kappa shape index (κ2) is 18.0. The van der Waals surface area contributed by atoms with Crippen molar-refractivity contribution in [3.8, 4) is 0 Å². The van der Waals surface area contributed by atoms with Gasteiger partial charge in [-0.1, -0.05) is 83.8 Å². The maximum atomic E-state index is 9.45. The summed E-state index contributed by atoms with van der Waals surface area (Å²) in [4.78, 5) is 0. The van der Waals surface area contributed by atoms with Crippen LogP contribution in [0.5, 0.6) is 0 Å². The molecule has 0 aromatic rings. The quantitative estimate of drug-likeness (QED) is 0.175. The summed E-state index contributed by atoms with van der Waals surface area (Å²) < 4.78 is 0. The molecule has 2 nitrogen and oxygen atoms in total. The average Bonchev–Trinajstić information content (AvgIpc) is 2.54. The highest BCUT2D eigenvalue weighted by atomic mass is 16.5. The van der Waals surface area contributed by atoms with E-state index in [1.165, 1.54) is 88.5 Å². The van der Waals surface area contributed by atoms with Crippen LogP contribution in [0.2, 0.25) is 0 Å². The summed E-state index contributed by atoms with van der Waals surface area (Å²) in [5.74, 6) is 0. The summed E-state index contributed by atoms with van der Waals surface area (Å²) in [5.41, 5.74) is 0. The fourth-order valence-electron chi connectivity index (χ4n) is 3.11. The van der Waals surface area contributed by atoms with Crippen LogP contribution in [0.25, 0.3) is 0 Å². The Morgan fingerprint density at radius 1 is 0.739 bits per heavy atom. The zero-order chi connectivity index (χ0) is 17.2. The first-order valence-electron chi connectivity index (χ1n) is 10.3. The minimum absolute atomic E-state index is 0.347. The predicted molar refractivity (Wildman–Crippen MR) is 103 cm³/mol. The van der Waals surface area contributed by atoms with Crippen molar-refractivity contribution in [1.29, 1.82) is 0 Å². The smallest absolute Gasteiger partial charge is 0.0344 e. The second-order valence-corrected chi connectivity index (χ2v) is 7.01. The first-order chi connectivity index (χ1) is 11.2. The number of hydrogen-bond acceptors (Lipinski definition) is 2. The fraction of sp³-hybridized carbons (Fsp3) is 0.905. The Balaban J connectivity index is 3.22. The molecule has 0 aromatic carbocycles. The van der Waals surface area contributed by atoms with Crippen LogP contribution in [-0.2, 0) is 0 Å². The van der Waals surface area contributed by atoms with Gasteiger partial charge in [-0.15, -0.1) is 0 Å². The van der Waals surface area contributed by atoms with Crippen LogP contribution in [0.4, 0.5) is 0 Å². The van der Waals surface area contributed by atoms with E-state index in [-0.39, 0.29) is 0 Å². The number of hydrogen-bond donors (Lipinski definition) is 1. The molecule has 0 amide bonds. The molecule has 0 saturated carbocycles. The van der Waals surface area contributed by atoms with E-state index in [1.807, 2.05) is 0 Å². The summed E-state index contributed by atoms with van der Waals surface area (Å²) in [6.07, 6.45) is 24.5. The van der Waals surface area contributed by atoms with Gasteiger partial charge in [-0.25, -0.2) is 0 Å². The molecule has 1 atom stereocenters. The predicted octanol–water partition coefficient (Wildman–Crippen LogP) is 7.12. The van der Waals surface area contributed by atoms with Crippen molar-refractivity contribution in [1.82, 2.24) is 5.06 Å². The molecule has 1 N–H and O–H groups in total. The van der Waals surface area contributed by atoms with Crippen molar-refractivity contribution < 1.29 is 5.21 Å². The summed E-state index contributed by atoms with van der Waals surface area (Å²) >= 11 is 0. The molecule has 0 aromatic heterocycles. The lowest BCUT2D eigenvalue weighted by molar-refractivity contribution is -0.105. The van der Waals surface area contributed by atoms with Crippen LogP contribution >= 0.6 is 0 Å². The monoisotopic (exact) mass is 325 g/mol. The standard InChI is InChI=1S/C21H43NO/c1-4-6-7-8-9-10-11-12-13-14-15-16-17-18-19-20-21(5-2)22(3)23/h12-13,21,23H,4-11,14-20H2,1-3H3/b13-12-. The minimum atomic E-state index is 0.347. The van der Waals surface area contributed by atoms with Crippen LogP contribution in [0.1, 0.15) is 110 Å². The molecule has 1 unspecified atom stereocenters. The maximum Gasteiger partial charge on any atom is 0.0344 e. The van der Waals surface area contributed by atoms with E-state index in [1.54, 1.807) is 7.05 Å². The van der Waals surface area contributed by atoms with Gasteiger partial charge in [0.25, 0.3) is 0 Å². The van der Waals surface area contributed by atoms with Gasteiger partial charge in [0, 0.05) is 13.1 Å². The van der Waals surface area contributed by atoms with Gasteiger partial charge in [0.05, 0.1) is 0 Å². The van der Waals surface area contributed by atoms with Gasteiger partial charge < -0.3 is 5.21 Å². The van der Waals surface area contributed by atoms with E-state index in [2.05, 4.69) is 26.0 Å². The summed E-state index contributed by atoms with van der Waals surface area (Å²) in [6.45, 7) is 4.42. The van der Waals surface area contributed by atoms with Crippen molar-refractivity contribution in [2.75, 3.05) is 7.05 Å². The summed E-state index contributed by atoms with van der Waals surface area (Å²) in [6, 6.07) is 0.347. The Labute approximate surface area is 146 Å². The molecule has 138 valence electrons. The maximum absolute atomic E-state index is 9.45. The third-order valence-corrected chi connectivity index (χ3v) is 4.80. The van der Waals surface area contributed by atoms with Gasteiger partial charge >= 0.3 is 0 Å². The molecule has 0 bridgehead atoms. The van der Waals surface area contributed by atoms with Crippen LogP contribution in [0, 0.1) is 0 Å². The molecular weight excluding hydrogens is 282 g/mol. The van der Waals surface area contributed by atoms with E-state index in [4.69, 9.17) is 0 Å². The van der Waals surface area contributed by atoms with Gasteiger partial charge in [0.1, 0.15) is 0 Å². The molecule has 0 heterocycles. The summed E-state index contributed by atoms with van der Waals surface area (Å²) in [7, 11) is 1.77. The van der Waals surface area contributed by atoms with E-state index in [0.717, 1.165) is 12.8 Å². The van der Waals surface area contributed by atoms with Crippen molar-refractivity contribution in [2.24, 2.45) is 0 Å². The Hall–Kier alpha value is -0.340. The van der Waals surface area contributed by atoms with E-state index >= 15 is 0 Å². The molecule has 0 aliphatic rings. The van der Waals surface area contributed by atoms with Gasteiger partial charge in [-0.05, 0) is 38.5 Å². The zero-order valence-electron chi connectivity index (χ0n) is 16.2. The highest BCUT2D eigenvalue weighted by molar-refractivity contribution is 4.81. The lowest BCUT2D eigenvalue weighted by Gasteiger charge is -2.20. The molecule has 23 heavy (non-hydrogen) atoms. The molecule has 0 radical (unpaired) electrons. The number of unbranched alkanes of at least 4 members (excludes halogenated alkanes) is 11. The number of allylic oxidation sites excluding steroid dienone is 2. The van der Waals surface area contributed by atoms with Crippen molar-refractivity contribution in [2.45, 2.75) is 116 Å². The molecule has 2 heteroatoms. The normalized spacial score (nSPS) is 13.3. The summed E-state index contributed by atoms with van der Waals surface area (Å²) in [5, 5.41) is 10.8. The number of hydroxylamine groups is 2. The Kier molecular flexibility index (Phi) is 17.7. The van der Waals surface area contributed by atoms with Crippen molar-refractivity contribution >= 4 is 0 Å². The number of nitrogens with zero attached hydrogens (tertiary/aromatic N) is 1. The Morgan fingerprint density at radius 3 is 1.70 bits per heavy atom. The first-order valence-corrected chi connectivity index (χ1v) is 10.3. The van der Waals surface area contributed by atoms with Crippen LogP contribution < -0.4 is 0 Å². The fourth-order valence-corrected chi connectivity index (χ4v) is 3.11. The lowest BCUT2D eigenvalue weighted by Crippen LogP contribution is -2.27. The first kappa shape index (κ1) is 22.7. The van der Waals surface area contributed by atoms with Crippen LogP contribution in [0.3, 0.4) is 0 Å². The van der Waals surface area contributed by atoms with Crippen LogP contribution in [-0.4, -0.2) is 23.4 Å². The number of rotatable bonds is 17. The van der Waals surface area contributed by atoms with Gasteiger partial charge in [0.15, 0.2) is 0 Å². The van der Waals surface area contributed by atoms with E-state index in [9.17, 15) is 5.21 Å². The van der Waals surface area contributed by atoms with Gasteiger partial charge in [0.2, 0.25) is 0 Å². The Bertz CT molecular complexity index is 250. The molecule has 0 aliphatic carbocycles. The topological polar surface area (TPSA) is 23.5 Å². The van der Waals surface area contributed by atoms with Crippen molar-refractivity contribution in [3.63, 3.8) is 0 Å². The third-order valence-electron chi connectivity index (χ3n) is 4.80. The highest BCUT2D eigenvalue weighted by Gasteiger charge is 2.08. The van der Waals surface area contributed by atoms with Crippen molar-refractivity contribution in [3.05, 3.63) is 12.2 Å². The molecule has 0 saturated heterocycles. The lowest BCUT2D eigenvalue weighted by atomic mass is 10.0. The molecular formula is C21H43NO. The molecule has 0 aliphatic heterocycles. The molecule has 0 rings (SSSR count). The van der Waals surface area contributed by atoms with Gasteiger partial charge in [-0.3, -0.25) is 0 Å². The van der Waals surface area contributed by atoms with Crippen LogP contribution in [0.15, 0.2) is 12.2 Å². The average molecular weight is 326 g/mol. The SMILES string of the molecule is CCCCCCCC/C=C\CCCCCCCC(CC)N(C)O. The molecule has 0 spiro atoms. The largest absolute Gasteiger partial charge is 0.314 e. The minimum Gasteiger partial charge on any atom is -0.314 e. The third kappa shape index (κ3) is 16.3. The highest BCUT2D eigenvalue weighted by Crippen LogP contribution is 2.13. The van der Waals surface area contributed by atoms with E-state index in [0.29, 0.717) is 6.04 Å².